The molecule has 2 aromatic heterocycles. The molecule has 0 bridgehead atoms. The molecule has 0 saturated carbocycles. The molecule has 1 amide bonds. The number of nitrogens with zero attached hydrogens (tertiary/aromatic N) is 3. The highest BCUT2D eigenvalue weighted by Gasteiger charge is 2.17. The summed E-state index contributed by atoms with van der Waals surface area (Å²) in [5.41, 5.74) is 2.02. The third-order valence-electron chi connectivity index (χ3n) is 4.49. The van der Waals surface area contributed by atoms with E-state index in [0.29, 0.717) is 16.7 Å². The van der Waals surface area contributed by atoms with E-state index in [1.807, 2.05) is 54.6 Å². The van der Waals surface area contributed by atoms with Gasteiger partial charge >= 0.3 is 6.09 Å². The van der Waals surface area contributed by atoms with Crippen LogP contribution in [0.25, 0.3) is 10.6 Å². The van der Waals surface area contributed by atoms with Crippen LogP contribution in [0.4, 0.5) is 21.4 Å². The van der Waals surface area contributed by atoms with Crippen LogP contribution in [0, 0.1) is 0 Å². The van der Waals surface area contributed by atoms with Crippen LogP contribution in [0.5, 0.6) is 5.75 Å². The highest BCUT2D eigenvalue weighted by atomic mass is 79.9. The molecule has 0 aliphatic carbocycles. The first-order chi connectivity index (χ1) is 16.7. The quantitative estimate of drug-likeness (QED) is 0.253. The molecule has 2 heterocycles. The molecule has 35 heavy (non-hydrogen) atoms. The summed E-state index contributed by atoms with van der Waals surface area (Å²) in [5, 5.41) is 15.9. The van der Waals surface area contributed by atoms with Crippen molar-refractivity contribution in [2.75, 3.05) is 10.6 Å². The maximum Gasteiger partial charge on any atom is 0.413 e. The van der Waals surface area contributed by atoms with E-state index < -0.39 is 11.7 Å². The first kappa shape index (κ1) is 24.6. The van der Waals surface area contributed by atoms with E-state index in [9.17, 15) is 4.79 Å². The number of halogens is 1. The topological polar surface area (TPSA) is 98.3 Å². The number of ether oxygens (including phenoxy) is 2. The Balaban J connectivity index is 1.43. The Morgan fingerprint density at radius 3 is 2.60 bits per heavy atom. The number of para-hydroxylation sites is 1. The zero-order valence-electron chi connectivity index (χ0n) is 19.4. The molecule has 0 aliphatic heterocycles. The molecule has 2 N–H and O–H groups in total. The molecule has 0 radical (unpaired) electrons. The summed E-state index contributed by atoms with van der Waals surface area (Å²) in [6.45, 7) is 5.70. The monoisotopic (exact) mass is 553 g/mol. The van der Waals surface area contributed by atoms with Gasteiger partial charge in [-0.2, -0.15) is 0 Å². The van der Waals surface area contributed by atoms with E-state index in [4.69, 9.17) is 9.47 Å². The molecular formula is C25H24BrN5O3S. The number of carbonyl (C=O) groups is 1. The number of hydrogen-bond acceptors (Lipinski definition) is 8. The maximum atomic E-state index is 12.0. The van der Waals surface area contributed by atoms with Crippen LogP contribution in [0.1, 0.15) is 26.3 Å². The number of amides is 1. The van der Waals surface area contributed by atoms with Crippen molar-refractivity contribution in [2.45, 2.75) is 33.0 Å². The normalized spacial score (nSPS) is 11.1. The Bertz CT molecular complexity index is 1300. The Labute approximate surface area is 215 Å². The highest BCUT2D eigenvalue weighted by Crippen LogP contribution is 2.35. The number of anilines is 3. The molecule has 4 aromatic rings. The molecule has 0 spiro atoms. The average Bonchev–Trinajstić information content (AvgIpc) is 3.27. The minimum atomic E-state index is -0.590. The number of benzene rings is 2. The smallest absolute Gasteiger partial charge is 0.413 e. The number of pyridine rings is 1. The summed E-state index contributed by atoms with van der Waals surface area (Å²) in [4.78, 5) is 16.2. The fraction of sp³-hybridized carbons (Fsp3) is 0.200. The lowest BCUT2D eigenvalue weighted by Crippen LogP contribution is -2.27. The minimum Gasteiger partial charge on any atom is -0.488 e. The molecule has 0 aliphatic rings. The molecule has 0 fully saturated rings. The van der Waals surface area contributed by atoms with E-state index in [-0.39, 0.29) is 6.61 Å². The SMILES string of the molecule is CC(C)(C)OC(=O)Nc1cc(COc2ccccc2-c2nnc(Nc3ccc(Br)cc3)s2)ccn1. The van der Waals surface area contributed by atoms with Crippen LogP contribution in [-0.2, 0) is 11.3 Å². The molecule has 4 rings (SSSR count). The van der Waals surface area contributed by atoms with Gasteiger partial charge in [0.25, 0.3) is 0 Å². The van der Waals surface area contributed by atoms with Crippen molar-refractivity contribution in [1.29, 1.82) is 0 Å². The number of carbonyl (C=O) groups excluding carboxylic acids is 1. The molecule has 10 heteroatoms. The van der Waals surface area contributed by atoms with Crippen LogP contribution in [0.3, 0.4) is 0 Å². The van der Waals surface area contributed by atoms with Crippen molar-refractivity contribution in [2.24, 2.45) is 0 Å². The summed E-state index contributed by atoms with van der Waals surface area (Å²) in [7, 11) is 0. The number of aromatic nitrogens is 3. The second-order valence-corrected chi connectivity index (χ2v) is 10.4. The summed E-state index contributed by atoms with van der Waals surface area (Å²) in [6, 6.07) is 19.1. The van der Waals surface area contributed by atoms with Crippen LogP contribution < -0.4 is 15.4 Å². The van der Waals surface area contributed by atoms with Gasteiger partial charge < -0.3 is 14.8 Å². The fourth-order valence-electron chi connectivity index (χ4n) is 3.01. The second-order valence-electron chi connectivity index (χ2n) is 8.51. The van der Waals surface area contributed by atoms with Gasteiger partial charge in [0.2, 0.25) is 5.13 Å². The lowest BCUT2D eigenvalue weighted by atomic mass is 10.2. The molecular weight excluding hydrogens is 530 g/mol. The molecule has 8 nitrogen and oxygen atoms in total. The van der Waals surface area contributed by atoms with Gasteiger partial charge in [-0.15, -0.1) is 10.2 Å². The lowest BCUT2D eigenvalue weighted by molar-refractivity contribution is 0.0635. The van der Waals surface area contributed by atoms with Crippen molar-refractivity contribution in [1.82, 2.24) is 15.2 Å². The van der Waals surface area contributed by atoms with Crippen molar-refractivity contribution < 1.29 is 14.3 Å². The third kappa shape index (κ3) is 7.24. The molecule has 0 unspecified atom stereocenters. The first-order valence-electron chi connectivity index (χ1n) is 10.8. The molecule has 180 valence electrons. The van der Waals surface area contributed by atoms with Crippen LogP contribution in [0.2, 0.25) is 0 Å². The molecule has 0 saturated heterocycles. The summed E-state index contributed by atoms with van der Waals surface area (Å²) in [6.07, 6.45) is 1.06. The maximum absolute atomic E-state index is 12.0. The fourth-order valence-corrected chi connectivity index (χ4v) is 4.07. The Morgan fingerprint density at radius 1 is 1.06 bits per heavy atom. The van der Waals surface area contributed by atoms with E-state index in [0.717, 1.165) is 26.3 Å². The Kier molecular flexibility index (Phi) is 7.62. The largest absolute Gasteiger partial charge is 0.488 e. The van der Waals surface area contributed by atoms with Crippen molar-refractivity contribution >= 4 is 50.0 Å². The van der Waals surface area contributed by atoms with E-state index in [1.54, 1.807) is 33.0 Å². The van der Waals surface area contributed by atoms with Gasteiger partial charge in [-0.3, -0.25) is 5.32 Å². The summed E-state index contributed by atoms with van der Waals surface area (Å²) >= 11 is 4.87. The highest BCUT2D eigenvalue weighted by molar-refractivity contribution is 9.10. The standard InChI is InChI=1S/C25H24BrN5O3S/c1-25(2,3)34-24(32)29-21-14-16(12-13-27-21)15-33-20-7-5-4-6-19(20)22-30-31-23(35-22)28-18-10-8-17(26)9-11-18/h4-14H,15H2,1-3H3,(H,28,31)(H,27,29,32). The van der Waals surface area contributed by atoms with E-state index in [2.05, 4.69) is 41.7 Å². The zero-order chi connectivity index (χ0) is 24.8. The number of rotatable bonds is 7. The van der Waals surface area contributed by atoms with Gasteiger partial charge in [0.1, 0.15) is 23.8 Å². The van der Waals surface area contributed by atoms with Crippen LogP contribution >= 0.6 is 27.3 Å². The van der Waals surface area contributed by atoms with Crippen molar-refractivity contribution in [3.63, 3.8) is 0 Å². The average molecular weight is 554 g/mol. The number of hydrogen-bond donors (Lipinski definition) is 2. The van der Waals surface area contributed by atoms with Gasteiger partial charge in [-0.05, 0) is 74.9 Å². The Morgan fingerprint density at radius 2 is 1.83 bits per heavy atom. The van der Waals surface area contributed by atoms with Gasteiger partial charge in [-0.1, -0.05) is 39.4 Å². The number of nitrogens with one attached hydrogen (secondary N) is 2. The summed E-state index contributed by atoms with van der Waals surface area (Å²) in [5.74, 6) is 1.07. The van der Waals surface area contributed by atoms with Gasteiger partial charge in [0.15, 0.2) is 5.01 Å². The second kappa shape index (κ2) is 10.8. The van der Waals surface area contributed by atoms with Gasteiger partial charge in [-0.25, -0.2) is 9.78 Å². The van der Waals surface area contributed by atoms with Crippen molar-refractivity contribution in [3.8, 4) is 16.3 Å². The minimum absolute atomic E-state index is 0.283. The van der Waals surface area contributed by atoms with Crippen LogP contribution in [-0.4, -0.2) is 26.9 Å². The third-order valence-corrected chi connectivity index (χ3v) is 5.89. The zero-order valence-corrected chi connectivity index (χ0v) is 21.8. The van der Waals surface area contributed by atoms with Crippen molar-refractivity contribution in [3.05, 3.63) is 76.9 Å². The first-order valence-corrected chi connectivity index (χ1v) is 12.4. The predicted molar refractivity (Wildman–Crippen MR) is 141 cm³/mol. The summed E-state index contributed by atoms with van der Waals surface area (Å²) < 4.78 is 12.4. The van der Waals surface area contributed by atoms with E-state index in [1.165, 1.54) is 11.3 Å². The lowest BCUT2D eigenvalue weighted by Gasteiger charge is -2.19. The van der Waals surface area contributed by atoms with E-state index >= 15 is 0 Å². The Hall–Kier alpha value is -3.50. The van der Waals surface area contributed by atoms with Gasteiger partial charge in [0.05, 0.1) is 5.56 Å². The molecule has 2 aromatic carbocycles. The predicted octanol–water partition coefficient (Wildman–Crippen LogP) is 7.03. The van der Waals surface area contributed by atoms with Gasteiger partial charge in [0, 0.05) is 16.4 Å². The molecule has 0 atom stereocenters. The van der Waals surface area contributed by atoms with Crippen LogP contribution in [0.15, 0.2) is 71.3 Å².